The zero-order chi connectivity index (χ0) is 13.0. The van der Waals surface area contributed by atoms with Crippen molar-refractivity contribution in [3.05, 3.63) is 30.2 Å². The van der Waals surface area contributed by atoms with Gasteiger partial charge in [0.1, 0.15) is 0 Å². The maximum Gasteiger partial charge on any atom is 0.397 e. The summed E-state index contributed by atoms with van der Waals surface area (Å²) in [7, 11) is 0. The van der Waals surface area contributed by atoms with Crippen molar-refractivity contribution in [2.45, 2.75) is 26.3 Å². The molecule has 0 amide bonds. The standard InChI is InChI=1S/C11H14N4O3/c1-3-17-11(16)10-13-9(14-18-10)7-8(2)15-6-4-5-12-15/h4-6,8H,3,7H2,1-2H3. The van der Waals surface area contributed by atoms with Crippen LogP contribution in [0.15, 0.2) is 23.0 Å². The first-order valence-corrected chi connectivity index (χ1v) is 5.69. The summed E-state index contributed by atoms with van der Waals surface area (Å²) in [5, 5.41) is 7.86. The van der Waals surface area contributed by atoms with Gasteiger partial charge in [-0.05, 0) is 19.9 Å². The van der Waals surface area contributed by atoms with Crippen molar-refractivity contribution < 1.29 is 14.1 Å². The Bertz CT molecular complexity index is 506. The van der Waals surface area contributed by atoms with E-state index in [0.29, 0.717) is 12.2 Å². The first-order valence-electron chi connectivity index (χ1n) is 5.69. The minimum absolute atomic E-state index is 0.0904. The fourth-order valence-corrected chi connectivity index (χ4v) is 1.51. The van der Waals surface area contributed by atoms with Gasteiger partial charge < -0.3 is 9.26 Å². The number of ether oxygens (including phenoxy) is 1. The lowest BCUT2D eigenvalue weighted by atomic mass is 10.2. The molecule has 1 unspecified atom stereocenters. The van der Waals surface area contributed by atoms with Crippen molar-refractivity contribution in [3.8, 4) is 0 Å². The maximum atomic E-state index is 11.3. The summed E-state index contributed by atoms with van der Waals surface area (Å²) in [6.45, 7) is 3.97. The van der Waals surface area contributed by atoms with Crippen LogP contribution in [0.4, 0.5) is 0 Å². The van der Waals surface area contributed by atoms with Crippen molar-refractivity contribution in [1.82, 2.24) is 19.9 Å². The minimum atomic E-state index is -0.594. The molecule has 96 valence electrons. The van der Waals surface area contributed by atoms with E-state index in [9.17, 15) is 4.79 Å². The van der Waals surface area contributed by atoms with Crippen LogP contribution in [0, 0.1) is 0 Å². The van der Waals surface area contributed by atoms with Crippen LogP contribution in [0.25, 0.3) is 0 Å². The third kappa shape index (κ3) is 2.73. The minimum Gasteiger partial charge on any atom is -0.459 e. The molecular formula is C11H14N4O3. The lowest BCUT2D eigenvalue weighted by molar-refractivity contribution is 0.0470. The fourth-order valence-electron chi connectivity index (χ4n) is 1.51. The monoisotopic (exact) mass is 250 g/mol. The molecule has 0 saturated heterocycles. The first-order chi connectivity index (χ1) is 8.70. The van der Waals surface area contributed by atoms with Crippen LogP contribution < -0.4 is 0 Å². The van der Waals surface area contributed by atoms with Gasteiger partial charge in [0.05, 0.1) is 12.6 Å². The van der Waals surface area contributed by atoms with Crippen molar-refractivity contribution in [1.29, 1.82) is 0 Å². The molecule has 0 aliphatic heterocycles. The number of carbonyl (C=O) groups excluding carboxylic acids is 1. The van der Waals surface area contributed by atoms with Crippen LogP contribution in [-0.2, 0) is 11.2 Å². The highest BCUT2D eigenvalue weighted by Crippen LogP contribution is 2.10. The van der Waals surface area contributed by atoms with E-state index < -0.39 is 5.97 Å². The van der Waals surface area contributed by atoms with Gasteiger partial charge in [-0.2, -0.15) is 10.1 Å². The molecule has 2 aromatic heterocycles. The summed E-state index contributed by atoms with van der Waals surface area (Å²) in [5.74, 6) is -0.247. The number of aromatic nitrogens is 4. The SMILES string of the molecule is CCOC(=O)c1nc(CC(C)n2cccn2)no1. The highest BCUT2D eigenvalue weighted by atomic mass is 16.6. The number of esters is 1. The first kappa shape index (κ1) is 12.3. The third-order valence-corrected chi connectivity index (χ3v) is 2.37. The number of carbonyl (C=O) groups is 1. The summed E-state index contributed by atoms with van der Waals surface area (Å²) in [6.07, 6.45) is 4.10. The molecule has 7 heteroatoms. The van der Waals surface area contributed by atoms with E-state index in [-0.39, 0.29) is 18.5 Å². The Morgan fingerprint density at radius 3 is 3.11 bits per heavy atom. The molecule has 2 heterocycles. The Balaban J connectivity index is 2.00. The number of hydrogen-bond acceptors (Lipinski definition) is 6. The van der Waals surface area contributed by atoms with Gasteiger partial charge in [-0.25, -0.2) is 4.79 Å². The molecule has 0 N–H and O–H groups in total. The number of rotatable bonds is 5. The Labute approximate surface area is 104 Å². The number of nitrogens with zero attached hydrogens (tertiary/aromatic N) is 4. The molecule has 0 fully saturated rings. The fraction of sp³-hybridized carbons (Fsp3) is 0.455. The molecule has 0 saturated carbocycles. The van der Waals surface area contributed by atoms with E-state index in [1.54, 1.807) is 17.8 Å². The molecule has 1 atom stereocenters. The molecule has 0 spiro atoms. The molecule has 0 aromatic carbocycles. The quantitative estimate of drug-likeness (QED) is 0.742. The summed E-state index contributed by atoms with van der Waals surface area (Å²) in [4.78, 5) is 15.3. The van der Waals surface area contributed by atoms with E-state index in [0.717, 1.165) is 0 Å². The van der Waals surface area contributed by atoms with Crippen LogP contribution in [0.3, 0.4) is 0 Å². The average molecular weight is 250 g/mol. The lowest BCUT2D eigenvalue weighted by Gasteiger charge is -2.08. The van der Waals surface area contributed by atoms with Crippen molar-refractivity contribution in [2.75, 3.05) is 6.61 Å². The highest BCUT2D eigenvalue weighted by Gasteiger charge is 2.17. The average Bonchev–Trinajstić information content (AvgIpc) is 2.99. The van der Waals surface area contributed by atoms with Crippen LogP contribution in [-0.4, -0.2) is 32.5 Å². The largest absolute Gasteiger partial charge is 0.459 e. The summed E-state index contributed by atoms with van der Waals surface area (Å²) >= 11 is 0. The molecule has 0 bridgehead atoms. The molecule has 2 aromatic rings. The lowest BCUT2D eigenvalue weighted by Crippen LogP contribution is -2.10. The molecule has 0 radical (unpaired) electrons. The van der Waals surface area contributed by atoms with Gasteiger partial charge in [-0.15, -0.1) is 0 Å². The van der Waals surface area contributed by atoms with Gasteiger partial charge >= 0.3 is 11.9 Å². The molecule has 0 aliphatic rings. The van der Waals surface area contributed by atoms with Crippen molar-refractivity contribution in [3.63, 3.8) is 0 Å². The second kappa shape index (κ2) is 5.44. The van der Waals surface area contributed by atoms with Gasteiger partial charge in [0.15, 0.2) is 5.82 Å². The number of hydrogen-bond donors (Lipinski definition) is 0. The second-order valence-electron chi connectivity index (χ2n) is 3.78. The molecule has 18 heavy (non-hydrogen) atoms. The predicted octanol–water partition coefficient (Wildman–Crippen LogP) is 1.25. The van der Waals surface area contributed by atoms with Crippen LogP contribution in [0.5, 0.6) is 0 Å². The smallest absolute Gasteiger partial charge is 0.397 e. The van der Waals surface area contributed by atoms with Crippen LogP contribution >= 0.6 is 0 Å². The van der Waals surface area contributed by atoms with Crippen LogP contribution in [0.2, 0.25) is 0 Å². The maximum absolute atomic E-state index is 11.3. The molecule has 2 rings (SSSR count). The highest BCUT2D eigenvalue weighted by molar-refractivity contribution is 5.83. The zero-order valence-corrected chi connectivity index (χ0v) is 10.2. The second-order valence-corrected chi connectivity index (χ2v) is 3.78. The van der Waals surface area contributed by atoms with Gasteiger partial charge in [-0.1, -0.05) is 5.16 Å². The summed E-state index contributed by atoms with van der Waals surface area (Å²) in [6, 6.07) is 1.93. The predicted molar refractivity (Wildman–Crippen MR) is 60.9 cm³/mol. The summed E-state index contributed by atoms with van der Waals surface area (Å²) < 4.78 is 11.4. The van der Waals surface area contributed by atoms with E-state index in [1.807, 2.05) is 19.2 Å². The topological polar surface area (TPSA) is 83.0 Å². The van der Waals surface area contributed by atoms with Crippen molar-refractivity contribution in [2.24, 2.45) is 0 Å². The summed E-state index contributed by atoms with van der Waals surface area (Å²) in [5.41, 5.74) is 0. The van der Waals surface area contributed by atoms with E-state index >= 15 is 0 Å². The van der Waals surface area contributed by atoms with E-state index in [4.69, 9.17) is 9.26 Å². The zero-order valence-electron chi connectivity index (χ0n) is 10.2. The Morgan fingerprint density at radius 2 is 2.44 bits per heavy atom. The van der Waals surface area contributed by atoms with Gasteiger partial charge in [0, 0.05) is 18.8 Å². The Hall–Kier alpha value is -2.18. The molecule has 0 aliphatic carbocycles. The Kier molecular flexibility index (Phi) is 3.71. The van der Waals surface area contributed by atoms with Gasteiger partial charge in [-0.3, -0.25) is 4.68 Å². The Morgan fingerprint density at radius 1 is 1.61 bits per heavy atom. The van der Waals surface area contributed by atoms with Gasteiger partial charge in [0.25, 0.3) is 0 Å². The third-order valence-electron chi connectivity index (χ3n) is 2.37. The van der Waals surface area contributed by atoms with E-state index in [1.165, 1.54) is 0 Å². The molecular weight excluding hydrogens is 236 g/mol. The molecule has 7 nitrogen and oxygen atoms in total. The normalized spacial score (nSPS) is 12.3. The van der Waals surface area contributed by atoms with Crippen molar-refractivity contribution >= 4 is 5.97 Å². The van der Waals surface area contributed by atoms with E-state index in [2.05, 4.69) is 15.2 Å². The van der Waals surface area contributed by atoms with Gasteiger partial charge in [0.2, 0.25) is 0 Å². The van der Waals surface area contributed by atoms with Crippen LogP contribution in [0.1, 0.15) is 36.4 Å².